The van der Waals surface area contributed by atoms with Crippen LogP contribution in [0.15, 0.2) is 95.9 Å². The van der Waals surface area contributed by atoms with Gasteiger partial charge in [0.15, 0.2) is 5.82 Å². The lowest BCUT2D eigenvalue weighted by atomic mass is 10.1. The molecule has 6 rings (SSSR count). The van der Waals surface area contributed by atoms with Crippen LogP contribution in [0.25, 0.3) is 39.4 Å². The van der Waals surface area contributed by atoms with Gasteiger partial charge in [-0.3, -0.25) is 4.79 Å². The molecule has 0 bridgehead atoms. The van der Waals surface area contributed by atoms with Gasteiger partial charge in [-0.1, -0.05) is 59.9 Å². The first-order chi connectivity index (χ1) is 17.2. The number of hydrogen-bond acceptors (Lipinski definition) is 6. The monoisotopic (exact) mass is 477 g/mol. The maximum atomic E-state index is 13.2. The number of benzene rings is 3. The van der Waals surface area contributed by atoms with Crippen LogP contribution in [0.4, 0.5) is 0 Å². The van der Waals surface area contributed by atoms with Gasteiger partial charge in [-0.2, -0.15) is 14.6 Å². The predicted molar refractivity (Wildman–Crippen MR) is 137 cm³/mol. The minimum Gasteiger partial charge on any atom is -0.497 e. The van der Waals surface area contributed by atoms with Gasteiger partial charge in [0.1, 0.15) is 5.75 Å². The van der Waals surface area contributed by atoms with Gasteiger partial charge in [-0.05, 0) is 42.5 Å². The highest BCUT2D eigenvalue weighted by molar-refractivity contribution is 7.15. The highest BCUT2D eigenvalue weighted by Crippen LogP contribution is 2.25. The Morgan fingerprint density at radius 3 is 2.26 bits per heavy atom. The number of thiazole rings is 1. The summed E-state index contributed by atoms with van der Waals surface area (Å²) in [6.07, 6.45) is 3.81. The molecule has 6 aromatic rings. The molecule has 3 aromatic heterocycles. The summed E-state index contributed by atoms with van der Waals surface area (Å²) in [5.41, 5.74) is 4.18. The van der Waals surface area contributed by atoms with E-state index < -0.39 is 0 Å². The van der Waals surface area contributed by atoms with Crippen LogP contribution in [-0.4, -0.2) is 31.5 Å². The Morgan fingerprint density at radius 2 is 1.57 bits per heavy atom. The maximum Gasteiger partial charge on any atom is 0.291 e. The third-order valence-electron chi connectivity index (χ3n) is 5.63. The zero-order valence-corrected chi connectivity index (χ0v) is 19.5. The van der Waals surface area contributed by atoms with Crippen LogP contribution in [0.5, 0.6) is 5.75 Å². The second-order valence-electron chi connectivity index (χ2n) is 7.85. The number of aromatic nitrogens is 5. The summed E-state index contributed by atoms with van der Waals surface area (Å²) in [6, 6.07) is 27.3. The van der Waals surface area contributed by atoms with Crippen molar-refractivity contribution in [2.24, 2.45) is 0 Å². The zero-order chi connectivity index (χ0) is 23.8. The van der Waals surface area contributed by atoms with Gasteiger partial charge in [-0.25, -0.2) is 4.68 Å². The van der Waals surface area contributed by atoms with Crippen molar-refractivity contribution >= 4 is 22.4 Å². The molecule has 0 aliphatic carbocycles. The fraction of sp³-hybridized carbons (Fsp3) is 0.0370. The van der Waals surface area contributed by atoms with Crippen molar-refractivity contribution in [3.8, 4) is 34.1 Å². The van der Waals surface area contributed by atoms with Crippen molar-refractivity contribution in [1.29, 1.82) is 0 Å². The average Bonchev–Trinajstić information content (AvgIpc) is 3.60. The number of nitrogens with zero attached hydrogens (tertiary/aromatic N) is 5. The third-order valence-corrected chi connectivity index (χ3v) is 6.59. The molecule has 3 heterocycles. The van der Waals surface area contributed by atoms with E-state index in [1.807, 2.05) is 102 Å². The molecule has 0 amide bonds. The molecule has 0 saturated heterocycles. The Balaban J connectivity index is 1.46. The molecule has 0 atom stereocenters. The van der Waals surface area contributed by atoms with Gasteiger partial charge in [-0.15, -0.1) is 5.10 Å². The van der Waals surface area contributed by atoms with Crippen molar-refractivity contribution in [3.63, 3.8) is 0 Å². The van der Waals surface area contributed by atoms with E-state index in [-0.39, 0.29) is 5.56 Å². The Bertz CT molecular complexity index is 1740. The molecule has 8 heteroatoms. The van der Waals surface area contributed by atoms with E-state index in [1.165, 1.54) is 15.9 Å². The molecule has 170 valence electrons. The summed E-state index contributed by atoms with van der Waals surface area (Å²) in [6.45, 7) is 0. The standard InChI is InChI=1S/C27H19N5O2S/c1-34-22-14-12-19(13-15-22)25-28-27-32(30-25)26(33)23(35-27)16-20-17-31(21-10-6-3-7-11-21)29-24(20)18-8-4-2-5-9-18/h2-17H,1H3/b23-16-. The molecule has 0 aliphatic rings. The van der Waals surface area contributed by atoms with E-state index in [2.05, 4.69) is 10.1 Å². The van der Waals surface area contributed by atoms with Crippen LogP contribution in [-0.2, 0) is 0 Å². The minimum absolute atomic E-state index is 0.205. The van der Waals surface area contributed by atoms with E-state index in [4.69, 9.17) is 9.84 Å². The van der Waals surface area contributed by atoms with Crippen LogP contribution in [0.1, 0.15) is 5.56 Å². The lowest BCUT2D eigenvalue weighted by Gasteiger charge is -2.00. The molecule has 0 radical (unpaired) electrons. The second-order valence-corrected chi connectivity index (χ2v) is 8.86. The molecule has 35 heavy (non-hydrogen) atoms. The lowest BCUT2D eigenvalue weighted by Crippen LogP contribution is -2.23. The van der Waals surface area contributed by atoms with Crippen molar-refractivity contribution < 1.29 is 4.74 Å². The van der Waals surface area contributed by atoms with Gasteiger partial charge < -0.3 is 4.74 Å². The average molecular weight is 478 g/mol. The molecule has 7 nitrogen and oxygen atoms in total. The summed E-state index contributed by atoms with van der Waals surface area (Å²) < 4.78 is 8.95. The van der Waals surface area contributed by atoms with E-state index in [1.54, 1.807) is 7.11 Å². The summed E-state index contributed by atoms with van der Waals surface area (Å²) in [5, 5.41) is 9.28. The smallest absolute Gasteiger partial charge is 0.291 e. The molecule has 0 spiro atoms. The van der Waals surface area contributed by atoms with Gasteiger partial charge in [0.2, 0.25) is 4.96 Å². The van der Waals surface area contributed by atoms with Gasteiger partial charge in [0.05, 0.1) is 23.0 Å². The largest absolute Gasteiger partial charge is 0.497 e. The van der Waals surface area contributed by atoms with E-state index in [0.717, 1.165) is 33.8 Å². The van der Waals surface area contributed by atoms with Gasteiger partial charge in [0, 0.05) is 22.9 Å². The molecule has 0 N–H and O–H groups in total. The molecular formula is C27H19N5O2S. The first-order valence-electron chi connectivity index (χ1n) is 11.0. The summed E-state index contributed by atoms with van der Waals surface area (Å²) >= 11 is 1.31. The number of ether oxygens (including phenoxy) is 1. The van der Waals surface area contributed by atoms with Crippen LogP contribution in [0.2, 0.25) is 0 Å². The molecular weight excluding hydrogens is 458 g/mol. The SMILES string of the molecule is COc1ccc(-c2nc3s/c(=C\c4cn(-c5ccccc5)nc4-c4ccccc4)c(=O)n3n2)cc1. The summed E-state index contributed by atoms with van der Waals surface area (Å²) in [5.74, 6) is 1.26. The van der Waals surface area contributed by atoms with E-state index >= 15 is 0 Å². The van der Waals surface area contributed by atoms with Gasteiger partial charge >= 0.3 is 0 Å². The van der Waals surface area contributed by atoms with Crippen molar-refractivity contribution in [3.05, 3.63) is 112 Å². The Morgan fingerprint density at radius 1 is 0.857 bits per heavy atom. The van der Waals surface area contributed by atoms with Crippen molar-refractivity contribution in [2.45, 2.75) is 0 Å². The van der Waals surface area contributed by atoms with Crippen LogP contribution < -0.4 is 14.8 Å². The molecule has 3 aromatic carbocycles. The normalized spacial score (nSPS) is 11.9. The Hall–Kier alpha value is -4.56. The van der Waals surface area contributed by atoms with Crippen molar-refractivity contribution in [1.82, 2.24) is 24.4 Å². The van der Waals surface area contributed by atoms with Gasteiger partial charge in [0.25, 0.3) is 5.56 Å². The Kier molecular flexibility index (Phi) is 5.20. The van der Waals surface area contributed by atoms with Crippen LogP contribution >= 0.6 is 11.3 Å². The quantitative estimate of drug-likeness (QED) is 0.372. The first kappa shape index (κ1) is 21.0. The van der Waals surface area contributed by atoms with Crippen LogP contribution in [0.3, 0.4) is 0 Å². The number of fused-ring (bicyclic) bond motifs is 1. The molecule has 0 unspecified atom stereocenters. The van der Waals surface area contributed by atoms with Crippen LogP contribution in [0, 0.1) is 0 Å². The molecule has 0 aliphatic heterocycles. The maximum absolute atomic E-state index is 13.2. The third kappa shape index (κ3) is 3.89. The highest BCUT2D eigenvalue weighted by Gasteiger charge is 2.15. The lowest BCUT2D eigenvalue weighted by molar-refractivity contribution is 0.415. The molecule has 0 saturated carbocycles. The minimum atomic E-state index is -0.205. The summed E-state index contributed by atoms with van der Waals surface area (Å²) in [7, 11) is 1.62. The second kappa shape index (κ2) is 8.66. The first-order valence-corrected chi connectivity index (χ1v) is 11.8. The number of hydrogen-bond donors (Lipinski definition) is 0. The van der Waals surface area contributed by atoms with Crippen molar-refractivity contribution in [2.75, 3.05) is 7.11 Å². The fourth-order valence-corrected chi connectivity index (χ4v) is 4.76. The number of rotatable bonds is 5. The molecule has 0 fully saturated rings. The summed E-state index contributed by atoms with van der Waals surface area (Å²) in [4.78, 5) is 18.3. The zero-order valence-electron chi connectivity index (χ0n) is 18.7. The fourth-order valence-electron chi connectivity index (χ4n) is 3.86. The van der Waals surface area contributed by atoms with E-state index in [9.17, 15) is 4.79 Å². The number of methoxy groups -OCH3 is 1. The number of para-hydroxylation sites is 1. The predicted octanol–water partition coefficient (Wildman–Crippen LogP) is 4.23. The Labute approximate surface area is 204 Å². The topological polar surface area (TPSA) is 74.3 Å². The highest BCUT2D eigenvalue weighted by atomic mass is 32.1. The van der Waals surface area contributed by atoms with E-state index in [0.29, 0.717) is 15.3 Å².